The molecule has 0 unspecified atom stereocenters. The van der Waals surface area contributed by atoms with E-state index in [9.17, 15) is 4.79 Å². The Kier molecular flexibility index (Phi) is 2.60. The number of carboxylic acid groups (broad SMARTS) is 1. The van der Waals surface area contributed by atoms with Crippen LogP contribution in [0.5, 0.6) is 5.75 Å². The van der Waals surface area contributed by atoms with E-state index in [1.54, 1.807) is 12.1 Å². The maximum absolute atomic E-state index is 10.6. The summed E-state index contributed by atoms with van der Waals surface area (Å²) in [5, 5.41) is 8.67. The minimum Gasteiger partial charge on any atom is -0.493 e. The molecule has 0 saturated carbocycles. The van der Waals surface area contributed by atoms with Gasteiger partial charge in [0.15, 0.2) is 0 Å². The first-order valence-electron chi connectivity index (χ1n) is 4.90. The van der Waals surface area contributed by atoms with Crippen LogP contribution in [0.25, 0.3) is 0 Å². The third-order valence-corrected chi connectivity index (χ3v) is 2.52. The number of benzene rings is 1. The van der Waals surface area contributed by atoms with Crippen LogP contribution in [0.4, 0.5) is 0 Å². The van der Waals surface area contributed by atoms with Crippen molar-refractivity contribution in [3.05, 3.63) is 29.3 Å². The molecule has 0 spiro atoms. The molecule has 1 aromatic carbocycles. The number of fused-ring (bicyclic) bond motifs is 1. The van der Waals surface area contributed by atoms with Crippen molar-refractivity contribution in [1.29, 1.82) is 0 Å². The molecule has 0 aromatic heterocycles. The van der Waals surface area contributed by atoms with Crippen LogP contribution in [0.3, 0.4) is 0 Å². The van der Waals surface area contributed by atoms with Gasteiger partial charge < -0.3 is 15.6 Å². The van der Waals surface area contributed by atoms with Gasteiger partial charge in [-0.3, -0.25) is 4.79 Å². The predicted octanol–water partition coefficient (Wildman–Crippen LogP) is 1.10. The Morgan fingerprint density at radius 1 is 1.60 bits per heavy atom. The summed E-state index contributed by atoms with van der Waals surface area (Å²) in [4.78, 5) is 10.6. The normalized spacial score (nSPS) is 19.1. The Morgan fingerprint density at radius 3 is 3.13 bits per heavy atom. The number of carboxylic acids is 1. The van der Waals surface area contributed by atoms with Crippen molar-refractivity contribution in [2.75, 3.05) is 6.61 Å². The lowest BCUT2D eigenvalue weighted by molar-refractivity contribution is -0.136. The lowest BCUT2D eigenvalue weighted by Crippen LogP contribution is -2.20. The minimum atomic E-state index is -0.833. The lowest BCUT2D eigenvalue weighted by atomic mass is 9.98. The number of ether oxygens (including phenoxy) is 1. The molecule has 80 valence electrons. The standard InChI is InChI=1S/C11H13NO3/c12-9-3-4-15-10-2-1-7(5-8(9)10)6-11(13)14/h1-2,5,9H,3-4,6,12H2,(H,13,14)/t9-/m1/s1. The van der Waals surface area contributed by atoms with Gasteiger partial charge >= 0.3 is 5.97 Å². The molecule has 2 rings (SSSR count). The van der Waals surface area contributed by atoms with E-state index >= 15 is 0 Å². The predicted molar refractivity (Wildman–Crippen MR) is 54.8 cm³/mol. The highest BCUT2D eigenvalue weighted by Crippen LogP contribution is 2.31. The van der Waals surface area contributed by atoms with E-state index in [-0.39, 0.29) is 12.5 Å². The smallest absolute Gasteiger partial charge is 0.307 e. The first-order valence-corrected chi connectivity index (χ1v) is 4.90. The lowest BCUT2D eigenvalue weighted by Gasteiger charge is -2.23. The average molecular weight is 207 g/mol. The number of hydrogen-bond donors (Lipinski definition) is 2. The van der Waals surface area contributed by atoms with E-state index in [4.69, 9.17) is 15.6 Å². The number of rotatable bonds is 2. The zero-order chi connectivity index (χ0) is 10.8. The van der Waals surface area contributed by atoms with Gasteiger partial charge in [-0.15, -0.1) is 0 Å². The van der Waals surface area contributed by atoms with Crippen molar-refractivity contribution in [2.24, 2.45) is 5.73 Å². The fourth-order valence-electron chi connectivity index (χ4n) is 1.76. The molecule has 4 heteroatoms. The van der Waals surface area contributed by atoms with Gasteiger partial charge in [-0.25, -0.2) is 0 Å². The number of aliphatic carboxylic acids is 1. The number of nitrogens with two attached hydrogens (primary N) is 1. The van der Waals surface area contributed by atoms with Crippen LogP contribution in [0, 0.1) is 0 Å². The summed E-state index contributed by atoms with van der Waals surface area (Å²) in [7, 11) is 0. The third kappa shape index (κ3) is 2.10. The Balaban J connectivity index is 2.31. The third-order valence-electron chi connectivity index (χ3n) is 2.52. The summed E-state index contributed by atoms with van der Waals surface area (Å²) in [6.07, 6.45) is 0.809. The van der Waals surface area contributed by atoms with Crippen LogP contribution in [0.2, 0.25) is 0 Å². The van der Waals surface area contributed by atoms with E-state index in [1.807, 2.05) is 6.07 Å². The molecule has 1 aliphatic rings. The largest absolute Gasteiger partial charge is 0.493 e. The van der Waals surface area contributed by atoms with Crippen LogP contribution < -0.4 is 10.5 Å². The van der Waals surface area contributed by atoms with Gasteiger partial charge in [0.05, 0.1) is 13.0 Å². The number of hydrogen-bond acceptors (Lipinski definition) is 3. The highest BCUT2D eigenvalue weighted by atomic mass is 16.5. The molecule has 1 aromatic rings. The quantitative estimate of drug-likeness (QED) is 0.761. The van der Waals surface area contributed by atoms with Gasteiger partial charge in [0.1, 0.15) is 5.75 Å². The van der Waals surface area contributed by atoms with Crippen LogP contribution in [-0.2, 0) is 11.2 Å². The monoisotopic (exact) mass is 207 g/mol. The molecule has 0 amide bonds. The molecule has 1 atom stereocenters. The summed E-state index contributed by atoms with van der Waals surface area (Å²) in [6.45, 7) is 0.631. The van der Waals surface area contributed by atoms with E-state index in [2.05, 4.69) is 0 Å². The molecule has 4 nitrogen and oxygen atoms in total. The average Bonchev–Trinajstić information content (AvgIpc) is 2.18. The second kappa shape index (κ2) is 3.90. The second-order valence-electron chi connectivity index (χ2n) is 3.69. The van der Waals surface area contributed by atoms with E-state index < -0.39 is 5.97 Å². The van der Waals surface area contributed by atoms with Crippen LogP contribution >= 0.6 is 0 Å². The summed E-state index contributed by atoms with van der Waals surface area (Å²) < 4.78 is 5.43. The van der Waals surface area contributed by atoms with Gasteiger partial charge in [-0.1, -0.05) is 6.07 Å². The Labute approximate surface area is 87.7 Å². The summed E-state index contributed by atoms with van der Waals surface area (Å²) in [5.74, 6) is -0.0526. The van der Waals surface area contributed by atoms with E-state index in [1.165, 1.54) is 0 Å². The van der Waals surface area contributed by atoms with Crippen molar-refractivity contribution in [2.45, 2.75) is 18.9 Å². The molecule has 1 heterocycles. The molecule has 0 bridgehead atoms. The summed E-state index contributed by atoms with van der Waals surface area (Å²) >= 11 is 0. The molecule has 1 aliphatic heterocycles. The van der Waals surface area contributed by atoms with Crippen molar-refractivity contribution in [3.8, 4) is 5.75 Å². The maximum atomic E-state index is 10.6. The minimum absolute atomic E-state index is 0.0278. The summed E-state index contributed by atoms with van der Waals surface area (Å²) in [6, 6.07) is 5.35. The highest BCUT2D eigenvalue weighted by Gasteiger charge is 2.18. The fourth-order valence-corrected chi connectivity index (χ4v) is 1.76. The molecular weight excluding hydrogens is 194 g/mol. The molecule has 0 fully saturated rings. The Morgan fingerprint density at radius 2 is 2.40 bits per heavy atom. The van der Waals surface area contributed by atoms with Crippen LogP contribution in [-0.4, -0.2) is 17.7 Å². The van der Waals surface area contributed by atoms with Crippen molar-refractivity contribution in [3.63, 3.8) is 0 Å². The zero-order valence-corrected chi connectivity index (χ0v) is 8.27. The Bertz CT molecular complexity index is 389. The molecule has 15 heavy (non-hydrogen) atoms. The topological polar surface area (TPSA) is 72.5 Å². The van der Waals surface area contributed by atoms with E-state index in [0.717, 1.165) is 23.3 Å². The molecule has 3 N–H and O–H groups in total. The molecule has 0 aliphatic carbocycles. The summed E-state index contributed by atoms with van der Waals surface area (Å²) in [5.41, 5.74) is 7.60. The highest BCUT2D eigenvalue weighted by molar-refractivity contribution is 5.70. The van der Waals surface area contributed by atoms with Crippen LogP contribution in [0.15, 0.2) is 18.2 Å². The number of carbonyl (C=O) groups is 1. The van der Waals surface area contributed by atoms with Gasteiger partial charge in [0.25, 0.3) is 0 Å². The fraction of sp³-hybridized carbons (Fsp3) is 0.364. The maximum Gasteiger partial charge on any atom is 0.307 e. The van der Waals surface area contributed by atoms with Gasteiger partial charge in [-0.2, -0.15) is 0 Å². The van der Waals surface area contributed by atoms with Crippen molar-refractivity contribution < 1.29 is 14.6 Å². The Hall–Kier alpha value is -1.55. The zero-order valence-electron chi connectivity index (χ0n) is 8.27. The molecular formula is C11H13NO3. The van der Waals surface area contributed by atoms with Crippen LogP contribution in [0.1, 0.15) is 23.6 Å². The van der Waals surface area contributed by atoms with Gasteiger partial charge in [0.2, 0.25) is 0 Å². The second-order valence-corrected chi connectivity index (χ2v) is 3.69. The van der Waals surface area contributed by atoms with Gasteiger partial charge in [-0.05, 0) is 17.7 Å². The first-order chi connectivity index (χ1) is 7.16. The van der Waals surface area contributed by atoms with Crippen molar-refractivity contribution >= 4 is 5.97 Å². The molecule has 0 radical (unpaired) electrons. The van der Waals surface area contributed by atoms with Gasteiger partial charge in [0, 0.05) is 18.0 Å². The molecule has 0 saturated heterocycles. The first kappa shape index (κ1) is 9.98. The van der Waals surface area contributed by atoms with Crippen molar-refractivity contribution in [1.82, 2.24) is 0 Å². The van der Waals surface area contributed by atoms with E-state index in [0.29, 0.717) is 6.61 Å². The SMILES string of the molecule is N[C@@H]1CCOc2ccc(CC(=O)O)cc21.